The van der Waals surface area contributed by atoms with E-state index in [1.807, 2.05) is 18.2 Å². The summed E-state index contributed by atoms with van der Waals surface area (Å²) in [4.78, 5) is 28.9. The van der Waals surface area contributed by atoms with Crippen LogP contribution in [-0.4, -0.2) is 37.7 Å². The van der Waals surface area contributed by atoms with Crippen molar-refractivity contribution in [1.82, 2.24) is 4.57 Å². The molecule has 3 aromatic rings. The molecule has 0 N–H and O–H groups in total. The summed E-state index contributed by atoms with van der Waals surface area (Å²) in [5.41, 5.74) is 1.89. The number of ether oxygens (including phenoxy) is 1. The van der Waals surface area contributed by atoms with Crippen LogP contribution in [0.25, 0.3) is 10.2 Å². The van der Waals surface area contributed by atoms with E-state index in [9.17, 15) is 22.4 Å². The van der Waals surface area contributed by atoms with Crippen LogP contribution < -0.4 is 4.80 Å². The van der Waals surface area contributed by atoms with Crippen LogP contribution in [0.4, 0.5) is 4.39 Å². The molecule has 0 radical (unpaired) electrons. The second kappa shape index (κ2) is 10.4. The summed E-state index contributed by atoms with van der Waals surface area (Å²) in [5.74, 6) is -1.42. The molecule has 0 saturated carbocycles. The summed E-state index contributed by atoms with van der Waals surface area (Å²) in [6, 6.07) is 10.4. The Kier molecular flexibility index (Phi) is 7.80. The number of amides is 1. The molecule has 0 bridgehead atoms. The number of halogens is 1. The number of aromatic nitrogens is 1. The zero-order chi connectivity index (χ0) is 24.2. The Morgan fingerprint density at radius 2 is 1.85 bits per heavy atom. The molecule has 0 spiro atoms. The number of thiazole rings is 1. The van der Waals surface area contributed by atoms with Gasteiger partial charge in [-0.15, -0.1) is 0 Å². The number of rotatable bonds is 8. The number of esters is 1. The summed E-state index contributed by atoms with van der Waals surface area (Å²) in [5, 5.41) is 0. The lowest BCUT2D eigenvalue weighted by Crippen LogP contribution is -2.22. The minimum absolute atomic E-state index is 0.00895. The van der Waals surface area contributed by atoms with Crippen LogP contribution in [0.3, 0.4) is 0 Å². The van der Waals surface area contributed by atoms with Crippen molar-refractivity contribution in [2.24, 2.45) is 4.99 Å². The van der Waals surface area contributed by atoms with Gasteiger partial charge in [-0.3, -0.25) is 9.59 Å². The predicted octanol–water partition coefficient (Wildman–Crippen LogP) is 3.82. The van der Waals surface area contributed by atoms with Gasteiger partial charge in [0.25, 0.3) is 0 Å². The summed E-state index contributed by atoms with van der Waals surface area (Å²) in [6.45, 7) is 4.06. The van der Waals surface area contributed by atoms with E-state index in [4.69, 9.17) is 4.74 Å². The van der Waals surface area contributed by atoms with E-state index in [-0.39, 0.29) is 30.0 Å². The van der Waals surface area contributed by atoms with Gasteiger partial charge in [-0.1, -0.05) is 31.3 Å². The molecule has 0 aliphatic rings. The molecule has 0 aliphatic carbocycles. The lowest BCUT2D eigenvalue weighted by Gasteiger charge is -2.06. The van der Waals surface area contributed by atoms with E-state index in [2.05, 4.69) is 18.8 Å². The zero-order valence-corrected chi connectivity index (χ0v) is 20.2. The molecule has 1 heterocycles. The van der Waals surface area contributed by atoms with Crippen molar-refractivity contribution in [3.05, 3.63) is 58.6 Å². The number of hydrogen-bond donors (Lipinski definition) is 0. The second-order valence-electron chi connectivity index (χ2n) is 7.81. The largest absolute Gasteiger partial charge is 0.468 e. The van der Waals surface area contributed by atoms with Gasteiger partial charge >= 0.3 is 5.97 Å². The summed E-state index contributed by atoms with van der Waals surface area (Å²) >= 11 is 1.29. The molecule has 176 valence electrons. The number of benzene rings is 2. The number of sulfone groups is 1. The van der Waals surface area contributed by atoms with Gasteiger partial charge in [0, 0.05) is 6.42 Å². The SMILES string of the molecule is COC(=O)Cn1c(=NC(=O)CCCS(=O)(=O)c2ccc(F)cc2)sc2cc(C(C)C)ccc21. The van der Waals surface area contributed by atoms with E-state index < -0.39 is 27.5 Å². The Morgan fingerprint density at radius 1 is 1.15 bits per heavy atom. The van der Waals surface area contributed by atoms with Gasteiger partial charge in [0.05, 0.1) is 28.0 Å². The van der Waals surface area contributed by atoms with Gasteiger partial charge < -0.3 is 9.30 Å². The Morgan fingerprint density at radius 3 is 2.48 bits per heavy atom. The summed E-state index contributed by atoms with van der Waals surface area (Å²) < 4.78 is 45.1. The number of fused-ring (bicyclic) bond motifs is 1. The standard InChI is InChI=1S/C23H25FN2O5S2/c1-15(2)16-6-11-19-20(13-16)32-23(26(19)14-22(28)31-3)25-21(27)5-4-12-33(29,30)18-9-7-17(24)8-10-18/h6-11,13,15H,4-5,12,14H2,1-3H3. The van der Waals surface area contributed by atoms with Crippen molar-refractivity contribution in [2.75, 3.05) is 12.9 Å². The summed E-state index contributed by atoms with van der Waals surface area (Å²) in [6.07, 6.45) is -0.00836. The van der Waals surface area contributed by atoms with Gasteiger partial charge in [0.2, 0.25) is 5.91 Å². The van der Waals surface area contributed by atoms with Gasteiger partial charge in [-0.2, -0.15) is 4.99 Å². The Labute approximate surface area is 195 Å². The van der Waals surface area contributed by atoms with Crippen LogP contribution in [-0.2, 0) is 30.7 Å². The highest BCUT2D eigenvalue weighted by atomic mass is 32.2. The smallest absolute Gasteiger partial charge is 0.325 e. The van der Waals surface area contributed by atoms with E-state index >= 15 is 0 Å². The number of carbonyl (C=O) groups is 2. The second-order valence-corrected chi connectivity index (χ2v) is 10.9. The molecule has 0 saturated heterocycles. The molecule has 0 unspecified atom stereocenters. The average molecular weight is 493 g/mol. The minimum Gasteiger partial charge on any atom is -0.468 e. The maximum absolute atomic E-state index is 13.0. The molecule has 3 rings (SSSR count). The fraction of sp³-hybridized carbons (Fsp3) is 0.348. The first-order valence-electron chi connectivity index (χ1n) is 10.4. The van der Waals surface area contributed by atoms with Crippen molar-refractivity contribution < 1.29 is 27.1 Å². The van der Waals surface area contributed by atoms with E-state index in [0.29, 0.717) is 10.7 Å². The predicted molar refractivity (Wildman–Crippen MR) is 124 cm³/mol. The fourth-order valence-electron chi connectivity index (χ4n) is 3.22. The van der Waals surface area contributed by atoms with Crippen LogP contribution in [0.1, 0.15) is 38.2 Å². The monoisotopic (exact) mass is 492 g/mol. The van der Waals surface area contributed by atoms with E-state index in [0.717, 1.165) is 27.9 Å². The Balaban J connectivity index is 1.81. The lowest BCUT2D eigenvalue weighted by molar-refractivity contribution is -0.141. The highest BCUT2D eigenvalue weighted by molar-refractivity contribution is 7.91. The average Bonchev–Trinajstić information content (AvgIpc) is 3.09. The minimum atomic E-state index is -3.63. The van der Waals surface area contributed by atoms with Crippen molar-refractivity contribution in [3.8, 4) is 0 Å². The number of methoxy groups -OCH3 is 1. The van der Waals surface area contributed by atoms with Crippen molar-refractivity contribution in [1.29, 1.82) is 0 Å². The molecule has 33 heavy (non-hydrogen) atoms. The Bertz CT molecular complexity index is 1340. The maximum atomic E-state index is 13.0. The fourth-order valence-corrected chi connectivity index (χ4v) is 5.62. The maximum Gasteiger partial charge on any atom is 0.325 e. The number of carbonyl (C=O) groups excluding carboxylic acids is 2. The third kappa shape index (κ3) is 6.14. The first kappa shape index (κ1) is 24.8. The molecule has 2 aromatic carbocycles. The molecular weight excluding hydrogens is 467 g/mol. The normalized spacial score (nSPS) is 12.5. The Hall–Kier alpha value is -2.85. The molecule has 0 aliphatic heterocycles. The quantitative estimate of drug-likeness (QED) is 0.352. The molecular formula is C23H25FN2O5S2. The van der Waals surface area contributed by atoms with Crippen LogP contribution in [0.5, 0.6) is 0 Å². The molecule has 7 nitrogen and oxygen atoms in total. The van der Waals surface area contributed by atoms with Crippen LogP contribution in [0.15, 0.2) is 52.4 Å². The van der Waals surface area contributed by atoms with E-state index in [1.54, 1.807) is 4.57 Å². The lowest BCUT2D eigenvalue weighted by atomic mass is 10.0. The topological polar surface area (TPSA) is 94.8 Å². The van der Waals surface area contributed by atoms with Crippen molar-refractivity contribution in [3.63, 3.8) is 0 Å². The number of hydrogen-bond acceptors (Lipinski definition) is 6. The number of nitrogens with zero attached hydrogens (tertiary/aromatic N) is 2. The van der Waals surface area contributed by atoms with Gasteiger partial charge in [0.1, 0.15) is 12.4 Å². The molecule has 0 atom stereocenters. The molecule has 1 aromatic heterocycles. The van der Waals surface area contributed by atoms with Crippen molar-refractivity contribution in [2.45, 2.75) is 44.0 Å². The van der Waals surface area contributed by atoms with E-state index in [1.165, 1.54) is 30.6 Å². The van der Waals surface area contributed by atoms with Gasteiger partial charge in [-0.25, -0.2) is 12.8 Å². The van der Waals surface area contributed by atoms with Crippen LogP contribution in [0, 0.1) is 5.82 Å². The van der Waals surface area contributed by atoms with Gasteiger partial charge in [-0.05, 0) is 54.3 Å². The van der Waals surface area contributed by atoms with Crippen LogP contribution >= 0.6 is 11.3 Å². The third-order valence-electron chi connectivity index (χ3n) is 5.09. The van der Waals surface area contributed by atoms with Crippen molar-refractivity contribution >= 4 is 43.3 Å². The first-order valence-corrected chi connectivity index (χ1v) is 12.8. The van der Waals surface area contributed by atoms with Gasteiger partial charge in [0.15, 0.2) is 14.6 Å². The molecule has 1 amide bonds. The van der Waals surface area contributed by atoms with Crippen LogP contribution in [0.2, 0.25) is 0 Å². The molecule has 0 fully saturated rings. The molecule has 10 heteroatoms. The first-order chi connectivity index (χ1) is 15.6. The highest BCUT2D eigenvalue weighted by Crippen LogP contribution is 2.24. The summed E-state index contributed by atoms with van der Waals surface area (Å²) in [7, 11) is -2.34. The third-order valence-corrected chi connectivity index (χ3v) is 7.94. The zero-order valence-electron chi connectivity index (χ0n) is 18.6. The highest BCUT2D eigenvalue weighted by Gasteiger charge is 2.16.